The van der Waals surface area contributed by atoms with E-state index in [-0.39, 0.29) is 5.82 Å². The zero-order valence-electron chi connectivity index (χ0n) is 10.4. The fourth-order valence-electron chi connectivity index (χ4n) is 1.78. The summed E-state index contributed by atoms with van der Waals surface area (Å²) >= 11 is 5.82. The van der Waals surface area contributed by atoms with Crippen molar-refractivity contribution >= 4 is 11.6 Å². The Balaban J connectivity index is 2.08. The van der Waals surface area contributed by atoms with Crippen molar-refractivity contribution in [1.29, 1.82) is 0 Å². The number of nitrogens with two attached hydrogens (primary N) is 1. The van der Waals surface area contributed by atoms with Gasteiger partial charge in [-0.05, 0) is 54.4 Å². The van der Waals surface area contributed by atoms with E-state index in [1.54, 1.807) is 6.07 Å². The van der Waals surface area contributed by atoms with Crippen LogP contribution in [-0.2, 0) is 13.0 Å². The highest BCUT2D eigenvalue weighted by molar-refractivity contribution is 6.30. The van der Waals surface area contributed by atoms with Gasteiger partial charge in [-0.25, -0.2) is 4.39 Å². The molecule has 0 aliphatic heterocycles. The molecule has 0 heterocycles. The van der Waals surface area contributed by atoms with E-state index in [0.717, 1.165) is 11.1 Å². The number of ether oxygens (including phenoxy) is 1. The van der Waals surface area contributed by atoms with Gasteiger partial charge in [-0.3, -0.25) is 0 Å². The van der Waals surface area contributed by atoms with Crippen LogP contribution in [0.4, 0.5) is 4.39 Å². The fourth-order valence-corrected chi connectivity index (χ4v) is 1.91. The minimum absolute atomic E-state index is 0.276. The van der Waals surface area contributed by atoms with Crippen LogP contribution in [0.1, 0.15) is 11.1 Å². The van der Waals surface area contributed by atoms with Crippen LogP contribution in [0.25, 0.3) is 0 Å². The summed E-state index contributed by atoms with van der Waals surface area (Å²) in [6.07, 6.45) is 0.591. The normalized spacial score (nSPS) is 10.5. The highest BCUT2D eigenvalue weighted by atomic mass is 35.5. The molecular formula is C15H15ClFNO. The Hall–Kier alpha value is -1.58. The zero-order valence-corrected chi connectivity index (χ0v) is 11.2. The number of hydrogen-bond acceptors (Lipinski definition) is 2. The molecule has 0 aromatic heterocycles. The summed E-state index contributed by atoms with van der Waals surface area (Å²) in [5.74, 6) is 0.393. The smallest absolute Gasteiger partial charge is 0.123 e. The third kappa shape index (κ3) is 3.94. The molecule has 0 fully saturated rings. The van der Waals surface area contributed by atoms with Crippen molar-refractivity contribution in [3.63, 3.8) is 0 Å². The lowest BCUT2D eigenvalue weighted by molar-refractivity contribution is 0.302. The van der Waals surface area contributed by atoms with Gasteiger partial charge < -0.3 is 10.5 Å². The maximum Gasteiger partial charge on any atom is 0.123 e. The van der Waals surface area contributed by atoms with Crippen LogP contribution in [0.15, 0.2) is 42.5 Å². The third-order valence-corrected chi connectivity index (χ3v) is 3.00. The van der Waals surface area contributed by atoms with Crippen LogP contribution in [0, 0.1) is 5.82 Å². The molecule has 4 heteroatoms. The Morgan fingerprint density at radius 3 is 2.53 bits per heavy atom. The van der Waals surface area contributed by atoms with Gasteiger partial charge in [0, 0.05) is 5.02 Å². The summed E-state index contributed by atoms with van der Waals surface area (Å²) in [5, 5.41) is 0.689. The fraction of sp³-hybridized carbons (Fsp3) is 0.200. The molecule has 0 spiro atoms. The first kappa shape index (κ1) is 13.8. The topological polar surface area (TPSA) is 35.2 Å². The largest absolute Gasteiger partial charge is 0.489 e. The van der Waals surface area contributed by atoms with Gasteiger partial charge in [-0.15, -0.1) is 0 Å². The molecule has 0 radical (unpaired) electrons. The van der Waals surface area contributed by atoms with Crippen molar-refractivity contribution in [2.45, 2.75) is 13.0 Å². The zero-order chi connectivity index (χ0) is 13.7. The van der Waals surface area contributed by atoms with E-state index < -0.39 is 0 Å². The highest BCUT2D eigenvalue weighted by Gasteiger charge is 2.05. The first-order valence-electron chi connectivity index (χ1n) is 6.05. The molecule has 0 amide bonds. The van der Waals surface area contributed by atoms with Crippen LogP contribution in [-0.4, -0.2) is 6.54 Å². The van der Waals surface area contributed by atoms with Crippen molar-refractivity contribution in [1.82, 2.24) is 0 Å². The number of halogens is 2. The van der Waals surface area contributed by atoms with Gasteiger partial charge in [-0.1, -0.05) is 23.7 Å². The average molecular weight is 280 g/mol. The molecule has 0 atom stereocenters. The molecule has 2 aromatic carbocycles. The molecule has 0 saturated carbocycles. The summed E-state index contributed by atoms with van der Waals surface area (Å²) in [6.45, 7) is 0.876. The van der Waals surface area contributed by atoms with E-state index in [2.05, 4.69) is 0 Å². The van der Waals surface area contributed by atoms with Gasteiger partial charge in [0.2, 0.25) is 0 Å². The molecular weight excluding hydrogens is 265 g/mol. The van der Waals surface area contributed by atoms with Crippen LogP contribution >= 0.6 is 11.6 Å². The molecule has 0 aliphatic carbocycles. The first-order valence-corrected chi connectivity index (χ1v) is 6.42. The summed E-state index contributed by atoms with van der Waals surface area (Å²) in [4.78, 5) is 0. The second-order valence-corrected chi connectivity index (χ2v) is 4.64. The molecule has 0 aliphatic rings. The van der Waals surface area contributed by atoms with E-state index >= 15 is 0 Å². The van der Waals surface area contributed by atoms with Crippen LogP contribution in [0.3, 0.4) is 0 Å². The van der Waals surface area contributed by atoms with E-state index in [1.807, 2.05) is 24.3 Å². The molecule has 2 aromatic rings. The van der Waals surface area contributed by atoms with Gasteiger partial charge in [0.05, 0.1) is 0 Å². The standard InChI is InChI=1S/C15H15ClFNO/c16-13-3-1-11(2-4-13)10-19-15-6-5-14(17)9-12(15)7-8-18/h1-6,9H,7-8,10,18H2. The van der Waals surface area contributed by atoms with Gasteiger partial charge in [0.25, 0.3) is 0 Å². The van der Waals surface area contributed by atoms with Crippen molar-refractivity contribution in [2.75, 3.05) is 6.54 Å². The first-order chi connectivity index (χ1) is 9.19. The summed E-state index contributed by atoms with van der Waals surface area (Å²) in [7, 11) is 0. The van der Waals surface area contributed by atoms with Crippen molar-refractivity contribution in [2.24, 2.45) is 5.73 Å². The van der Waals surface area contributed by atoms with Gasteiger partial charge in [-0.2, -0.15) is 0 Å². The molecule has 0 unspecified atom stereocenters. The summed E-state index contributed by atoms with van der Waals surface area (Å²) < 4.78 is 18.9. The average Bonchev–Trinajstić information content (AvgIpc) is 2.40. The molecule has 100 valence electrons. The minimum atomic E-state index is -0.276. The third-order valence-electron chi connectivity index (χ3n) is 2.74. The summed E-state index contributed by atoms with van der Waals surface area (Å²) in [6, 6.07) is 11.9. The van der Waals surface area contributed by atoms with Crippen molar-refractivity contribution in [3.8, 4) is 5.75 Å². The lowest BCUT2D eigenvalue weighted by atomic mass is 10.1. The van der Waals surface area contributed by atoms with E-state index in [4.69, 9.17) is 22.1 Å². The van der Waals surface area contributed by atoms with Crippen LogP contribution < -0.4 is 10.5 Å². The van der Waals surface area contributed by atoms with Gasteiger partial charge >= 0.3 is 0 Å². The van der Waals surface area contributed by atoms with E-state index in [0.29, 0.717) is 30.3 Å². The van der Waals surface area contributed by atoms with E-state index in [1.165, 1.54) is 12.1 Å². The Labute approximate surface area is 117 Å². The quantitative estimate of drug-likeness (QED) is 0.908. The summed E-state index contributed by atoms with van der Waals surface area (Å²) in [5.41, 5.74) is 7.31. The maximum atomic E-state index is 13.2. The monoisotopic (exact) mass is 279 g/mol. The predicted octanol–water partition coefficient (Wildman–Crippen LogP) is 3.56. The molecule has 19 heavy (non-hydrogen) atoms. The van der Waals surface area contributed by atoms with Crippen molar-refractivity contribution < 1.29 is 9.13 Å². The van der Waals surface area contributed by atoms with Gasteiger partial charge in [0.1, 0.15) is 18.2 Å². The predicted molar refractivity (Wildman–Crippen MR) is 74.9 cm³/mol. The van der Waals surface area contributed by atoms with E-state index in [9.17, 15) is 4.39 Å². The molecule has 2 N–H and O–H groups in total. The Morgan fingerprint density at radius 1 is 1.11 bits per heavy atom. The lowest BCUT2D eigenvalue weighted by Crippen LogP contribution is -2.06. The molecule has 0 saturated heterocycles. The Bertz CT molecular complexity index is 542. The number of rotatable bonds is 5. The maximum absolute atomic E-state index is 13.2. The Morgan fingerprint density at radius 2 is 1.84 bits per heavy atom. The number of benzene rings is 2. The second-order valence-electron chi connectivity index (χ2n) is 4.21. The molecule has 0 bridgehead atoms. The second kappa shape index (κ2) is 6.55. The van der Waals surface area contributed by atoms with Crippen LogP contribution in [0.2, 0.25) is 5.02 Å². The SMILES string of the molecule is NCCc1cc(F)ccc1OCc1ccc(Cl)cc1. The molecule has 2 rings (SSSR count). The number of hydrogen-bond donors (Lipinski definition) is 1. The lowest BCUT2D eigenvalue weighted by Gasteiger charge is -2.11. The minimum Gasteiger partial charge on any atom is -0.489 e. The highest BCUT2D eigenvalue weighted by Crippen LogP contribution is 2.21. The Kier molecular flexibility index (Phi) is 4.77. The van der Waals surface area contributed by atoms with Gasteiger partial charge in [0.15, 0.2) is 0 Å². The van der Waals surface area contributed by atoms with Crippen molar-refractivity contribution in [3.05, 3.63) is 64.4 Å². The molecule has 2 nitrogen and oxygen atoms in total. The van der Waals surface area contributed by atoms with Crippen LogP contribution in [0.5, 0.6) is 5.75 Å².